The van der Waals surface area contributed by atoms with Gasteiger partial charge in [-0.1, -0.05) is 17.7 Å². The molecule has 3 rings (SSSR count). The molecule has 0 spiro atoms. The molecule has 1 unspecified atom stereocenters. The van der Waals surface area contributed by atoms with Crippen LogP contribution in [0.1, 0.15) is 31.0 Å². The summed E-state index contributed by atoms with van der Waals surface area (Å²) < 4.78 is 5.62. The van der Waals surface area contributed by atoms with Crippen molar-refractivity contribution in [3.05, 3.63) is 41.8 Å². The lowest BCUT2D eigenvalue weighted by Gasteiger charge is -2.25. The molecule has 0 saturated heterocycles. The van der Waals surface area contributed by atoms with Crippen LogP contribution in [-0.4, -0.2) is 49.1 Å². The molecule has 0 amide bonds. The highest BCUT2D eigenvalue weighted by atomic mass is 127. The van der Waals surface area contributed by atoms with Gasteiger partial charge in [-0.3, -0.25) is 0 Å². The predicted octanol–water partition coefficient (Wildman–Crippen LogP) is 3.66. The molecule has 1 fully saturated rings. The van der Waals surface area contributed by atoms with Gasteiger partial charge >= 0.3 is 0 Å². The Bertz CT molecular complexity index is 750. The molecule has 1 aliphatic carbocycles. The molecule has 0 radical (unpaired) electrons. The SMILES string of the molecule is CCNC(=NCc1coc(-c2ccc(C)cc2)n1)NCC(C1CC1)N(C)C.I. The lowest BCUT2D eigenvalue weighted by molar-refractivity contribution is 0.264. The molecule has 0 aliphatic heterocycles. The minimum Gasteiger partial charge on any atom is -0.444 e. The second-order valence-electron chi connectivity index (χ2n) is 7.45. The highest BCUT2D eigenvalue weighted by molar-refractivity contribution is 14.0. The molecule has 28 heavy (non-hydrogen) atoms. The van der Waals surface area contributed by atoms with E-state index in [-0.39, 0.29) is 24.0 Å². The normalized spacial score (nSPS) is 15.2. The average Bonchev–Trinajstić information content (AvgIpc) is 3.37. The summed E-state index contributed by atoms with van der Waals surface area (Å²) in [7, 11) is 4.30. The van der Waals surface area contributed by atoms with Gasteiger partial charge in [0.2, 0.25) is 5.89 Å². The number of hydrogen-bond acceptors (Lipinski definition) is 4. The van der Waals surface area contributed by atoms with Crippen LogP contribution in [0.5, 0.6) is 0 Å². The maximum absolute atomic E-state index is 5.62. The average molecular weight is 497 g/mol. The number of nitrogens with one attached hydrogen (secondary N) is 2. The molecule has 1 aromatic heterocycles. The molecular formula is C21H32IN5O. The van der Waals surface area contributed by atoms with Crippen LogP contribution in [0.15, 0.2) is 39.9 Å². The highest BCUT2D eigenvalue weighted by Crippen LogP contribution is 2.34. The molecule has 2 aromatic rings. The number of benzene rings is 1. The van der Waals surface area contributed by atoms with Crippen LogP contribution in [-0.2, 0) is 6.54 Å². The first-order valence-electron chi connectivity index (χ1n) is 9.77. The molecule has 6 nitrogen and oxygen atoms in total. The number of aromatic nitrogens is 1. The Morgan fingerprint density at radius 2 is 1.96 bits per heavy atom. The van der Waals surface area contributed by atoms with Gasteiger partial charge in [-0.15, -0.1) is 24.0 Å². The fraction of sp³-hybridized carbons (Fsp3) is 0.524. The van der Waals surface area contributed by atoms with Gasteiger partial charge < -0.3 is 20.0 Å². The number of halogens is 1. The summed E-state index contributed by atoms with van der Waals surface area (Å²) in [6.45, 7) is 6.36. The quantitative estimate of drug-likeness (QED) is 0.331. The summed E-state index contributed by atoms with van der Waals surface area (Å²) in [6.07, 6.45) is 4.35. The standard InChI is InChI=1S/C21H31N5O.HI/c1-5-22-21(24-13-19(26(3)4)16-10-11-16)23-12-18-14-27-20(25-18)17-8-6-15(2)7-9-17;/h6-9,14,16,19H,5,10-13H2,1-4H3,(H2,22,23,24);1H. The summed E-state index contributed by atoms with van der Waals surface area (Å²) in [4.78, 5) is 11.5. The van der Waals surface area contributed by atoms with E-state index in [1.807, 2.05) is 12.1 Å². The van der Waals surface area contributed by atoms with Crippen molar-refractivity contribution in [3.63, 3.8) is 0 Å². The van der Waals surface area contributed by atoms with E-state index in [9.17, 15) is 0 Å². The van der Waals surface area contributed by atoms with Gasteiger partial charge in [0, 0.05) is 24.7 Å². The zero-order valence-electron chi connectivity index (χ0n) is 17.2. The first kappa shape index (κ1) is 22.7. The third kappa shape index (κ3) is 6.48. The van der Waals surface area contributed by atoms with Crippen molar-refractivity contribution in [1.29, 1.82) is 0 Å². The summed E-state index contributed by atoms with van der Waals surface area (Å²) in [5.74, 6) is 2.27. The maximum Gasteiger partial charge on any atom is 0.226 e. The second kappa shape index (κ2) is 10.8. The highest BCUT2D eigenvalue weighted by Gasteiger charge is 2.32. The fourth-order valence-corrected chi connectivity index (χ4v) is 3.16. The van der Waals surface area contributed by atoms with E-state index >= 15 is 0 Å². The molecule has 1 heterocycles. The summed E-state index contributed by atoms with van der Waals surface area (Å²) in [5, 5.41) is 6.79. The molecular weight excluding hydrogens is 465 g/mol. The van der Waals surface area contributed by atoms with Crippen LogP contribution in [0.2, 0.25) is 0 Å². The van der Waals surface area contributed by atoms with Crippen molar-refractivity contribution >= 4 is 29.9 Å². The largest absolute Gasteiger partial charge is 0.444 e. The van der Waals surface area contributed by atoms with Crippen molar-refractivity contribution in [2.75, 3.05) is 27.2 Å². The Balaban J connectivity index is 0.00000280. The molecule has 1 aliphatic rings. The molecule has 2 N–H and O–H groups in total. The number of rotatable bonds is 8. The smallest absolute Gasteiger partial charge is 0.226 e. The Morgan fingerprint density at radius 3 is 2.57 bits per heavy atom. The van der Waals surface area contributed by atoms with E-state index < -0.39 is 0 Å². The minimum absolute atomic E-state index is 0. The van der Waals surface area contributed by atoms with Gasteiger partial charge in [-0.05, 0) is 58.8 Å². The van der Waals surface area contributed by atoms with Crippen molar-refractivity contribution in [3.8, 4) is 11.5 Å². The maximum atomic E-state index is 5.62. The molecule has 154 valence electrons. The van der Waals surface area contributed by atoms with E-state index in [1.54, 1.807) is 6.26 Å². The zero-order valence-corrected chi connectivity index (χ0v) is 19.6. The van der Waals surface area contributed by atoms with Gasteiger partial charge in [-0.2, -0.15) is 0 Å². The monoisotopic (exact) mass is 497 g/mol. The Labute approximate surface area is 185 Å². The zero-order chi connectivity index (χ0) is 19.2. The van der Waals surface area contributed by atoms with Crippen molar-refractivity contribution in [2.45, 2.75) is 39.3 Å². The van der Waals surface area contributed by atoms with Crippen molar-refractivity contribution in [2.24, 2.45) is 10.9 Å². The third-order valence-electron chi connectivity index (χ3n) is 4.90. The van der Waals surface area contributed by atoms with Gasteiger partial charge in [-0.25, -0.2) is 9.98 Å². The Hall–Kier alpha value is -1.61. The summed E-state index contributed by atoms with van der Waals surface area (Å²) in [6, 6.07) is 8.73. The van der Waals surface area contributed by atoms with Gasteiger partial charge in [0.05, 0.1) is 6.54 Å². The number of oxazole rings is 1. The Morgan fingerprint density at radius 1 is 1.25 bits per heavy atom. The van der Waals surface area contributed by atoms with Crippen LogP contribution in [0.4, 0.5) is 0 Å². The summed E-state index contributed by atoms with van der Waals surface area (Å²) in [5.41, 5.74) is 3.03. The lowest BCUT2D eigenvalue weighted by Crippen LogP contribution is -2.46. The van der Waals surface area contributed by atoms with Crippen LogP contribution >= 0.6 is 24.0 Å². The number of likely N-dealkylation sites (N-methyl/N-ethyl adjacent to an activating group) is 1. The van der Waals surface area contributed by atoms with Crippen LogP contribution < -0.4 is 10.6 Å². The van der Waals surface area contributed by atoms with Gasteiger partial charge in [0.25, 0.3) is 0 Å². The van der Waals surface area contributed by atoms with Gasteiger partial charge in [0.15, 0.2) is 5.96 Å². The number of aliphatic imine (C=N–C) groups is 1. The molecule has 1 aromatic carbocycles. The van der Waals surface area contributed by atoms with Crippen LogP contribution in [0.25, 0.3) is 11.5 Å². The second-order valence-corrected chi connectivity index (χ2v) is 7.45. The first-order valence-corrected chi connectivity index (χ1v) is 9.77. The number of guanidine groups is 1. The predicted molar refractivity (Wildman–Crippen MR) is 125 cm³/mol. The third-order valence-corrected chi connectivity index (χ3v) is 4.90. The first-order chi connectivity index (χ1) is 13.1. The topological polar surface area (TPSA) is 65.7 Å². The van der Waals surface area contributed by atoms with E-state index in [2.05, 4.69) is 65.6 Å². The van der Waals surface area contributed by atoms with Crippen molar-refractivity contribution in [1.82, 2.24) is 20.5 Å². The van der Waals surface area contributed by atoms with Crippen molar-refractivity contribution < 1.29 is 4.42 Å². The number of aryl methyl sites for hydroxylation is 1. The lowest BCUT2D eigenvalue weighted by atomic mass is 10.1. The summed E-state index contributed by atoms with van der Waals surface area (Å²) >= 11 is 0. The minimum atomic E-state index is 0. The molecule has 0 bridgehead atoms. The van der Waals surface area contributed by atoms with E-state index in [0.717, 1.165) is 36.2 Å². The van der Waals surface area contributed by atoms with E-state index in [1.165, 1.54) is 18.4 Å². The van der Waals surface area contributed by atoms with Crippen LogP contribution in [0.3, 0.4) is 0 Å². The molecule has 1 saturated carbocycles. The van der Waals surface area contributed by atoms with E-state index in [4.69, 9.17) is 4.42 Å². The Kier molecular flexibility index (Phi) is 8.75. The fourth-order valence-electron chi connectivity index (χ4n) is 3.16. The van der Waals surface area contributed by atoms with Crippen LogP contribution in [0, 0.1) is 12.8 Å². The van der Waals surface area contributed by atoms with Gasteiger partial charge in [0.1, 0.15) is 12.0 Å². The number of hydrogen-bond donors (Lipinski definition) is 2. The molecule has 1 atom stereocenters. The van der Waals surface area contributed by atoms with E-state index in [0.29, 0.717) is 18.5 Å². The number of nitrogens with zero attached hydrogens (tertiary/aromatic N) is 3. The molecule has 7 heteroatoms.